The van der Waals surface area contributed by atoms with E-state index in [4.69, 9.17) is 33.3 Å². The minimum absolute atomic E-state index is 0.170. The normalized spacial score (nSPS) is 13.7. The molecule has 1 aliphatic heterocycles. The maximum Gasteiger partial charge on any atom is 0.262 e. The maximum atomic E-state index is 12.4. The minimum atomic E-state index is -0.290. The summed E-state index contributed by atoms with van der Waals surface area (Å²) in [6.07, 6.45) is 3.55. The Balaban J connectivity index is 1.70. The molecular formula is C22H24BrClN2O3S. The van der Waals surface area contributed by atoms with Crippen LogP contribution in [0.4, 0.5) is 5.69 Å². The number of thiocarbonyl (C=S) groups is 1. The highest BCUT2D eigenvalue weighted by atomic mass is 79.9. The molecule has 3 rings (SSSR count). The quantitative estimate of drug-likeness (QED) is 0.512. The van der Waals surface area contributed by atoms with Crippen LogP contribution in [0.15, 0.2) is 34.8 Å². The lowest BCUT2D eigenvalue weighted by Gasteiger charge is -2.29. The Morgan fingerprint density at radius 2 is 1.97 bits per heavy atom. The Kier molecular flexibility index (Phi) is 7.97. The number of benzene rings is 2. The van der Waals surface area contributed by atoms with Gasteiger partial charge in [0.1, 0.15) is 4.99 Å². The summed E-state index contributed by atoms with van der Waals surface area (Å²) in [4.78, 5) is 15.4. The number of amides is 1. The molecule has 2 aromatic rings. The molecule has 5 nitrogen and oxygen atoms in total. The predicted molar refractivity (Wildman–Crippen MR) is 128 cm³/mol. The summed E-state index contributed by atoms with van der Waals surface area (Å²) < 4.78 is 12.0. The van der Waals surface area contributed by atoms with Crippen molar-refractivity contribution in [2.24, 2.45) is 0 Å². The third-order valence-electron chi connectivity index (χ3n) is 4.94. The Labute approximate surface area is 195 Å². The fraction of sp³-hybridized carbons (Fsp3) is 0.364. The van der Waals surface area contributed by atoms with E-state index in [0.29, 0.717) is 26.7 Å². The van der Waals surface area contributed by atoms with Crippen LogP contribution >= 0.6 is 39.7 Å². The van der Waals surface area contributed by atoms with E-state index in [1.54, 1.807) is 19.2 Å². The second kappa shape index (κ2) is 10.5. The molecule has 30 heavy (non-hydrogen) atoms. The van der Waals surface area contributed by atoms with E-state index >= 15 is 0 Å². The van der Waals surface area contributed by atoms with E-state index in [-0.39, 0.29) is 12.5 Å². The topological polar surface area (TPSA) is 50.8 Å². The van der Waals surface area contributed by atoms with Crippen LogP contribution in [-0.4, -0.2) is 42.6 Å². The van der Waals surface area contributed by atoms with Crippen LogP contribution in [0.25, 0.3) is 0 Å². The van der Waals surface area contributed by atoms with Crippen LogP contribution in [0.2, 0.25) is 5.02 Å². The smallest absolute Gasteiger partial charge is 0.262 e. The summed E-state index contributed by atoms with van der Waals surface area (Å²) >= 11 is 15.2. The number of carbonyl (C=O) groups is 1. The van der Waals surface area contributed by atoms with Crippen molar-refractivity contribution in [3.8, 4) is 11.5 Å². The molecule has 1 saturated heterocycles. The molecule has 160 valence electrons. The fourth-order valence-electron chi connectivity index (χ4n) is 3.32. The van der Waals surface area contributed by atoms with Gasteiger partial charge in [-0.1, -0.05) is 29.9 Å². The van der Waals surface area contributed by atoms with E-state index in [0.717, 1.165) is 42.0 Å². The zero-order chi connectivity index (χ0) is 21.7. The van der Waals surface area contributed by atoms with Crippen molar-refractivity contribution in [1.82, 2.24) is 4.90 Å². The number of rotatable bonds is 6. The number of likely N-dealkylation sites (tertiary alicyclic amines) is 1. The molecule has 1 heterocycles. The molecule has 0 unspecified atom stereocenters. The van der Waals surface area contributed by atoms with Gasteiger partial charge in [0.05, 0.1) is 11.6 Å². The van der Waals surface area contributed by atoms with Gasteiger partial charge in [0.2, 0.25) is 0 Å². The van der Waals surface area contributed by atoms with Crippen molar-refractivity contribution < 1.29 is 14.3 Å². The maximum absolute atomic E-state index is 12.4. The molecular weight excluding hydrogens is 488 g/mol. The number of aryl methyl sites for hydroxylation is 1. The van der Waals surface area contributed by atoms with Crippen molar-refractivity contribution >= 4 is 56.3 Å². The van der Waals surface area contributed by atoms with Crippen molar-refractivity contribution in [1.29, 1.82) is 0 Å². The molecule has 0 saturated carbocycles. The summed E-state index contributed by atoms with van der Waals surface area (Å²) in [6, 6.07) is 9.11. The van der Waals surface area contributed by atoms with Gasteiger partial charge in [-0.15, -0.1) is 0 Å². The third kappa shape index (κ3) is 5.65. The predicted octanol–water partition coefficient (Wildman–Crippen LogP) is 5.60. The Morgan fingerprint density at radius 3 is 2.67 bits per heavy atom. The largest absolute Gasteiger partial charge is 0.493 e. The number of nitrogens with one attached hydrogen (secondary N) is 1. The number of nitrogens with zero attached hydrogens (tertiary/aromatic N) is 1. The number of hydrogen-bond donors (Lipinski definition) is 1. The molecule has 1 amide bonds. The first kappa shape index (κ1) is 22.8. The molecule has 0 bridgehead atoms. The molecule has 1 N–H and O–H groups in total. The molecule has 0 radical (unpaired) electrons. The van der Waals surface area contributed by atoms with Gasteiger partial charge in [0.15, 0.2) is 18.1 Å². The molecule has 0 atom stereocenters. The summed E-state index contributed by atoms with van der Waals surface area (Å²) in [7, 11) is 1.57. The van der Waals surface area contributed by atoms with Gasteiger partial charge in [0, 0.05) is 29.4 Å². The van der Waals surface area contributed by atoms with Crippen LogP contribution < -0.4 is 14.8 Å². The highest BCUT2D eigenvalue weighted by Gasteiger charge is 2.19. The lowest BCUT2D eigenvalue weighted by Crippen LogP contribution is -2.34. The second-order valence-corrected chi connectivity index (χ2v) is 8.82. The first-order valence-electron chi connectivity index (χ1n) is 9.74. The molecule has 0 aromatic heterocycles. The minimum Gasteiger partial charge on any atom is -0.493 e. The number of methoxy groups -OCH3 is 1. The number of hydrogen-bond acceptors (Lipinski definition) is 4. The lowest BCUT2D eigenvalue weighted by molar-refractivity contribution is -0.118. The number of piperidine rings is 1. The van der Waals surface area contributed by atoms with E-state index in [9.17, 15) is 4.79 Å². The summed E-state index contributed by atoms with van der Waals surface area (Å²) in [5.41, 5.74) is 2.47. The highest BCUT2D eigenvalue weighted by Crippen LogP contribution is 2.37. The molecule has 0 aliphatic carbocycles. The summed E-state index contributed by atoms with van der Waals surface area (Å²) in [6.45, 7) is 3.67. The van der Waals surface area contributed by atoms with Crippen molar-refractivity contribution in [2.45, 2.75) is 26.2 Å². The van der Waals surface area contributed by atoms with Gasteiger partial charge < -0.3 is 19.7 Å². The molecule has 1 fully saturated rings. The fourth-order valence-corrected chi connectivity index (χ4v) is 4.34. The summed E-state index contributed by atoms with van der Waals surface area (Å²) in [5.74, 6) is 0.688. The van der Waals surface area contributed by atoms with Crippen LogP contribution in [-0.2, 0) is 4.79 Å². The van der Waals surface area contributed by atoms with Crippen molar-refractivity contribution in [2.75, 3.05) is 32.1 Å². The van der Waals surface area contributed by atoms with E-state index in [1.165, 1.54) is 6.42 Å². The zero-order valence-corrected chi connectivity index (χ0v) is 20.1. The zero-order valence-electron chi connectivity index (χ0n) is 17.0. The average molecular weight is 512 g/mol. The van der Waals surface area contributed by atoms with Gasteiger partial charge in [0.25, 0.3) is 5.91 Å². The molecule has 1 aliphatic rings. The third-order valence-corrected chi connectivity index (χ3v) is 6.26. The van der Waals surface area contributed by atoms with Crippen molar-refractivity contribution in [3.05, 3.63) is 51.0 Å². The van der Waals surface area contributed by atoms with Gasteiger partial charge in [-0.3, -0.25) is 4.79 Å². The standard InChI is InChI=1S/C22H24BrClN2O3S/c1-14-6-7-16(24)12-18(14)25-20(27)13-29-21-17(23)10-15(11-19(21)28-2)22(30)26-8-4-3-5-9-26/h6-7,10-12H,3-5,8-9,13H2,1-2H3,(H,25,27). The highest BCUT2D eigenvalue weighted by molar-refractivity contribution is 9.10. The van der Waals surface area contributed by atoms with E-state index in [1.807, 2.05) is 25.1 Å². The Bertz CT molecular complexity index is 948. The number of anilines is 1. The molecule has 0 spiro atoms. The number of halogens is 2. The molecule has 8 heteroatoms. The van der Waals surface area contributed by atoms with E-state index < -0.39 is 0 Å². The molecule has 2 aromatic carbocycles. The van der Waals surface area contributed by atoms with Crippen LogP contribution in [0.1, 0.15) is 30.4 Å². The first-order chi connectivity index (χ1) is 14.4. The monoisotopic (exact) mass is 510 g/mol. The summed E-state index contributed by atoms with van der Waals surface area (Å²) in [5, 5.41) is 3.38. The van der Waals surface area contributed by atoms with E-state index in [2.05, 4.69) is 26.1 Å². The SMILES string of the molecule is COc1cc(C(=S)N2CCCCC2)cc(Br)c1OCC(=O)Nc1cc(Cl)ccc1C. The van der Waals surface area contributed by atoms with Gasteiger partial charge in [-0.2, -0.15) is 0 Å². The second-order valence-electron chi connectivity index (χ2n) is 7.14. The number of ether oxygens (including phenoxy) is 2. The number of carbonyl (C=O) groups excluding carboxylic acids is 1. The van der Waals surface area contributed by atoms with Gasteiger partial charge in [-0.25, -0.2) is 0 Å². The Morgan fingerprint density at radius 1 is 1.23 bits per heavy atom. The van der Waals surface area contributed by atoms with Crippen LogP contribution in [0, 0.1) is 6.92 Å². The van der Waals surface area contributed by atoms with Gasteiger partial charge in [-0.05, 0) is 71.9 Å². The van der Waals surface area contributed by atoms with Crippen LogP contribution in [0.3, 0.4) is 0 Å². The van der Waals surface area contributed by atoms with Crippen molar-refractivity contribution in [3.63, 3.8) is 0 Å². The van der Waals surface area contributed by atoms with Crippen LogP contribution in [0.5, 0.6) is 11.5 Å². The Hall–Kier alpha value is -1.83. The average Bonchev–Trinajstić information content (AvgIpc) is 2.75. The first-order valence-corrected chi connectivity index (χ1v) is 11.3. The van der Waals surface area contributed by atoms with Gasteiger partial charge >= 0.3 is 0 Å². The lowest BCUT2D eigenvalue weighted by atomic mass is 10.1.